The summed E-state index contributed by atoms with van der Waals surface area (Å²) in [5.74, 6) is 0.644. The summed E-state index contributed by atoms with van der Waals surface area (Å²) in [5, 5.41) is 3.96. The first-order chi connectivity index (χ1) is 11.0. The number of carbonyl (C=O) groups excluding carboxylic acids is 1. The van der Waals surface area contributed by atoms with E-state index < -0.39 is 0 Å². The van der Waals surface area contributed by atoms with Crippen molar-refractivity contribution in [2.75, 3.05) is 5.32 Å². The highest BCUT2D eigenvalue weighted by molar-refractivity contribution is 7.20. The van der Waals surface area contributed by atoms with Crippen molar-refractivity contribution < 1.29 is 4.79 Å². The third kappa shape index (κ3) is 2.97. The van der Waals surface area contributed by atoms with E-state index in [4.69, 9.17) is 0 Å². The number of nitrogens with zero attached hydrogens (tertiary/aromatic N) is 2. The van der Waals surface area contributed by atoms with Gasteiger partial charge in [-0.1, -0.05) is 19.1 Å². The van der Waals surface area contributed by atoms with Gasteiger partial charge in [-0.25, -0.2) is 9.97 Å². The molecule has 5 heteroatoms. The Hall–Kier alpha value is -2.27. The maximum absolute atomic E-state index is 12.6. The molecule has 0 aliphatic carbocycles. The van der Waals surface area contributed by atoms with E-state index in [0.29, 0.717) is 4.88 Å². The predicted octanol–water partition coefficient (Wildman–Crippen LogP) is 4.43. The van der Waals surface area contributed by atoms with Gasteiger partial charge in [-0.15, -0.1) is 11.3 Å². The molecule has 1 amide bonds. The normalized spacial score (nSPS) is 11.0. The SMILES string of the molecule is CCc1ccc(NC(=O)c2sc3nc(C)nc(C)c3c2C)cc1. The fourth-order valence-corrected chi connectivity index (χ4v) is 3.87. The van der Waals surface area contributed by atoms with E-state index in [2.05, 4.69) is 22.2 Å². The average Bonchev–Trinajstić information content (AvgIpc) is 2.85. The Morgan fingerprint density at radius 3 is 2.48 bits per heavy atom. The van der Waals surface area contributed by atoms with E-state index in [-0.39, 0.29) is 5.91 Å². The van der Waals surface area contributed by atoms with Crippen LogP contribution >= 0.6 is 11.3 Å². The van der Waals surface area contributed by atoms with Gasteiger partial charge in [0.1, 0.15) is 10.7 Å². The van der Waals surface area contributed by atoms with E-state index >= 15 is 0 Å². The first-order valence-corrected chi connectivity index (χ1v) is 8.46. The van der Waals surface area contributed by atoms with Gasteiger partial charge >= 0.3 is 0 Å². The maximum Gasteiger partial charge on any atom is 0.266 e. The molecule has 0 radical (unpaired) electrons. The number of hydrogen-bond acceptors (Lipinski definition) is 4. The number of anilines is 1. The number of benzene rings is 1. The average molecular weight is 325 g/mol. The van der Waals surface area contributed by atoms with Crippen LogP contribution in [0.2, 0.25) is 0 Å². The van der Waals surface area contributed by atoms with Crippen molar-refractivity contribution in [2.24, 2.45) is 0 Å². The Labute approximate surface area is 139 Å². The molecule has 0 bridgehead atoms. The number of amides is 1. The van der Waals surface area contributed by atoms with Crippen LogP contribution in [0.5, 0.6) is 0 Å². The Bertz CT molecular complexity index is 881. The number of aromatic nitrogens is 2. The molecule has 0 aliphatic rings. The maximum atomic E-state index is 12.6. The molecule has 0 atom stereocenters. The van der Waals surface area contributed by atoms with Crippen LogP contribution in [0.3, 0.4) is 0 Å². The van der Waals surface area contributed by atoms with Crippen LogP contribution in [0.1, 0.15) is 39.2 Å². The lowest BCUT2D eigenvalue weighted by Gasteiger charge is -2.05. The number of fused-ring (bicyclic) bond motifs is 1. The van der Waals surface area contributed by atoms with Gasteiger partial charge < -0.3 is 5.32 Å². The molecule has 3 aromatic rings. The highest BCUT2D eigenvalue weighted by Gasteiger charge is 2.18. The molecule has 0 saturated heterocycles. The van der Waals surface area contributed by atoms with E-state index in [0.717, 1.165) is 39.4 Å². The number of aryl methyl sites for hydroxylation is 4. The molecule has 23 heavy (non-hydrogen) atoms. The second-order valence-electron chi connectivity index (χ2n) is 5.60. The third-order valence-electron chi connectivity index (χ3n) is 3.91. The summed E-state index contributed by atoms with van der Waals surface area (Å²) in [4.78, 5) is 23.0. The number of nitrogens with one attached hydrogen (secondary N) is 1. The number of rotatable bonds is 3. The Balaban J connectivity index is 1.94. The van der Waals surface area contributed by atoms with E-state index in [1.807, 2.05) is 45.0 Å². The molecule has 3 rings (SSSR count). The summed E-state index contributed by atoms with van der Waals surface area (Å²) in [7, 11) is 0. The highest BCUT2D eigenvalue weighted by atomic mass is 32.1. The molecule has 0 spiro atoms. The topological polar surface area (TPSA) is 54.9 Å². The van der Waals surface area contributed by atoms with Gasteiger partial charge in [0.05, 0.1) is 4.88 Å². The highest BCUT2D eigenvalue weighted by Crippen LogP contribution is 2.31. The lowest BCUT2D eigenvalue weighted by molar-refractivity contribution is 0.103. The zero-order valence-electron chi connectivity index (χ0n) is 13.7. The standard InChI is InChI=1S/C18H19N3OS/c1-5-13-6-8-14(9-7-13)21-17(22)16-10(2)15-11(3)19-12(4)20-18(15)23-16/h6-9H,5H2,1-4H3,(H,21,22). The Morgan fingerprint density at radius 2 is 1.83 bits per heavy atom. The van der Waals surface area contributed by atoms with Gasteiger partial charge in [0.2, 0.25) is 0 Å². The van der Waals surface area contributed by atoms with Crippen LogP contribution in [-0.2, 0) is 6.42 Å². The zero-order chi connectivity index (χ0) is 16.6. The Morgan fingerprint density at radius 1 is 1.13 bits per heavy atom. The lowest BCUT2D eigenvalue weighted by Crippen LogP contribution is -2.11. The first-order valence-electron chi connectivity index (χ1n) is 7.64. The van der Waals surface area contributed by atoms with E-state index in [9.17, 15) is 4.79 Å². The second kappa shape index (κ2) is 6.08. The molecule has 2 heterocycles. The molecule has 0 saturated carbocycles. The summed E-state index contributed by atoms with van der Waals surface area (Å²) < 4.78 is 0. The van der Waals surface area contributed by atoms with Crippen molar-refractivity contribution in [3.05, 3.63) is 51.8 Å². The smallest absolute Gasteiger partial charge is 0.266 e. The molecule has 2 aromatic heterocycles. The second-order valence-corrected chi connectivity index (χ2v) is 6.60. The summed E-state index contributed by atoms with van der Waals surface area (Å²) in [5.41, 5.74) is 3.93. The van der Waals surface area contributed by atoms with Gasteiger partial charge in [-0.3, -0.25) is 4.79 Å². The third-order valence-corrected chi connectivity index (χ3v) is 5.09. The van der Waals surface area contributed by atoms with Crippen LogP contribution in [0, 0.1) is 20.8 Å². The minimum Gasteiger partial charge on any atom is -0.321 e. The van der Waals surface area contributed by atoms with Crippen molar-refractivity contribution >= 4 is 33.1 Å². The van der Waals surface area contributed by atoms with Crippen molar-refractivity contribution in [3.63, 3.8) is 0 Å². The van der Waals surface area contributed by atoms with Gasteiger partial charge in [0.25, 0.3) is 5.91 Å². The van der Waals surface area contributed by atoms with Crippen LogP contribution < -0.4 is 5.32 Å². The molecular formula is C18H19N3OS. The molecular weight excluding hydrogens is 306 g/mol. The minimum atomic E-state index is -0.0909. The zero-order valence-corrected chi connectivity index (χ0v) is 14.5. The van der Waals surface area contributed by atoms with E-state index in [1.165, 1.54) is 16.9 Å². The predicted molar refractivity (Wildman–Crippen MR) is 95.4 cm³/mol. The van der Waals surface area contributed by atoms with Gasteiger partial charge in [0.15, 0.2) is 0 Å². The quantitative estimate of drug-likeness (QED) is 0.775. The number of thiophene rings is 1. The molecule has 4 nitrogen and oxygen atoms in total. The summed E-state index contributed by atoms with van der Waals surface area (Å²) in [6, 6.07) is 7.95. The summed E-state index contributed by atoms with van der Waals surface area (Å²) in [6.45, 7) is 7.90. The van der Waals surface area contributed by atoms with Crippen molar-refractivity contribution in [2.45, 2.75) is 34.1 Å². The van der Waals surface area contributed by atoms with Gasteiger partial charge in [0, 0.05) is 16.8 Å². The van der Waals surface area contributed by atoms with Gasteiger partial charge in [-0.2, -0.15) is 0 Å². The minimum absolute atomic E-state index is 0.0909. The molecule has 0 aliphatic heterocycles. The fourth-order valence-electron chi connectivity index (χ4n) is 2.70. The molecule has 1 N–H and O–H groups in total. The van der Waals surface area contributed by atoms with Crippen LogP contribution in [-0.4, -0.2) is 15.9 Å². The number of hydrogen-bond donors (Lipinski definition) is 1. The fraction of sp³-hybridized carbons (Fsp3) is 0.278. The Kier molecular flexibility index (Phi) is 4.13. The molecule has 0 unspecified atom stereocenters. The van der Waals surface area contributed by atoms with Crippen molar-refractivity contribution in [1.82, 2.24) is 9.97 Å². The summed E-state index contributed by atoms with van der Waals surface area (Å²) in [6.07, 6.45) is 0.987. The monoisotopic (exact) mass is 325 g/mol. The van der Waals surface area contributed by atoms with Crippen LogP contribution in [0.15, 0.2) is 24.3 Å². The summed E-state index contributed by atoms with van der Waals surface area (Å²) >= 11 is 1.42. The molecule has 0 fully saturated rings. The van der Waals surface area contributed by atoms with Gasteiger partial charge in [-0.05, 0) is 50.5 Å². The largest absolute Gasteiger partial charge is 0.321 e. The van der Waals surface area contributed by atoms with Crippen molar-refractivity contribution in [1.29, 1.82) is 0 Å². The van der Waals surface area contributed by atoms with Crippen LogP contribution in [0.25, 0.3) is 10.2 Å². The molecule has 118 valence electrons. The van der Waals surface area contributed by atoms with E-state index in [1.54, 1.807) is 0 Å². The molecule has 1 aromatic carbocycles. The van der Waals surface area contributed by atoms with Crippen LogP contribution in [0.4, 0.5) is 5.69 Å². The first kappa shape index (κ1) is 15.6. The number of carbonyl (C=O) groups is 1. The lowest BCUT2D eigenvalue weighted by atomic mass is 10.1. The van der Waals surface area contributed by atoms with Crippen molar-refractivity contribution in [3.8, 4) is 0 Å².